The Morgan fingerprint density at radius 3 is 1.36 bits per heavy atom. The van der Waals surface area contributed by atoms with Crippen molar-refractivity contribution in [2.45, 2.75) is 37.8 Å². The summed E-state index contributed by atoms with van der Waals surface area (Å²) in [7, 11) is 0. The number of anilines is 1. The van der Waals surface area contributed by atoms with Crippen molar-refractivity contribution in [1.29, 1.82) is 0 Å². The number of rotatable bonds is 10. The molecule has 0 aliphatic heterocycles. The fourth-order valence-electron chi connectivity index (χ4n) is 4.28. The summed E-state index contributed by atoms with van der Waals surface area (Å²) in [4.78, 5) is 2.18. The Balaban J connectivity index is 1.56. The van der Waals surface area contributed by atoms with Crippen LogP contribution in [0.4, 0.5) is 68.0 Å². The Morgan fingerprint density at radius 1 is 0.523 bits per heavy atom. The van der Waals surface area contributed by atoms with Gasteiger partial charge in [-0.3, -0.25) is 0 Å². The van der Waals surface area contributed by atoms with Crippen LogP contribution in [-0.4, -0.2) is 31.1 Å². The second-order valence-electron chi connectivity index (χ2n) is 9.51. The van der Waals surface area contributed by atoms with Crippen molar-refractivity contribution < 1.29 is 39.5 Å². The average molecular weight is 626 g/mol. The van der Waals surface area contributed by atoms with Crippen LogP contribution in [0.15, 0.2) is 105 Å². The van der Waals surface area contributed by atoms with Gasteiger partial charge in [-0.15, -0.1) is 10.2 Å². The molecule has 5 nitrogen and oxygen atoms in total. The third kappa shape index (κ3) is 6.10. The van der Waals surface area contributed by atoms with Crippen LogP contribution in [-0.2, 0) is 5.92 Å². The topological polar surface area (TPSA) is 52.7 Å². The summed E-state index contributed by atoms with van der Waals surface area (Å²) < 4.78 is 120. The maximum Gasteiger partial charge on any atom is 0.460 e. The van der Waals surface area contributed by atoms with Crippen LogP contribution < -0.4 is 4.90 Å². The van der Waals surface area contributed by atoms with Gasteiger partial charge < -0.3 is 4.90 Å². The first-order valence-corrected chi connectivity index (χ1v) is 13.1. The van der Waals surface area contributed by atoms with Crippen LogP contribution >= 0.6 is 0 Å². The number of benzene rings is 4. The van der Waals surface area contributed by atoms with Crippen molar-refractivity contribution in [3.05, 3.63) is 90.5 Å². The van der Waals surface area contributed by atoms with Gasteiger partial charge in [0.15, 0.2) is 0 Å². The van der Waals surface area contributed by atoms with E-state index in [0.717, 1.165) is 30.9 Å². The molecule has 0 heterocycles. The van der Waals surface area contributed by atoms with Crippen LogP contribution in [0.3, 0.4) is 0 Å². The lowest BCUT2D eigenvalue weighted by molar-refractivity contribution is -0.399. The highest BCUT2D eigenvalue weighted by Gasteiger charge is 2.82. The molecule has 0 aliphatic rings. The minimum atomic E-state index is -6.98. The maximum atomic E-state index is 14.2. The molecule has 44 heavy (non-hydrogen) atoms. The fraction of sp³-hybridized carbons (Fsp3) is 0.267. The molecule has 0 unspecified atom stereocenters. The van der Waals surface area contributed by atoms with Gasteiger partial charge in [0.25, 0.3) is 0 Å². The van der Waals surface area contributed by atoms with Crippen LogP contribution in [0.25, 0.3) is 10.8 Å². The van der Waals surface area contributed by atoms with E-state index in [1.54, 1.807) is 36.4 Å². The molecule has 0 saturated carbocycles. The number of hydrogen-bond acceptors (Lipinski definition) is 5. The maximum absolute atomic E-state index is 14.2. The van der Waals surface area contributed by atoms with Crippen molar-refractivity contribution in [2.75, 3.05) is 18.0 Å². The van der Waals surface area contributed by atoms with E-state index >= 15 is 0 Å². The molecule has 4 rings (SSSR count). The van der Waals surface area contributed by atoms with Gasteiger partial charge >= 0.3 is 23.9 Å². The summed E-state index contributed by atoms with van der Waals surface area (Å²) in [5, 5.41) is 17.8. The minimum absolute atomic E-state index is 0.156. The van der Waals surface area contributed by atoms with Gasteiger partial charge in [0, 0.05) is 35.1 Å². The second kappa shape index (κ2) is 12.2. The molecule has 0 fully saturated rings. The van der Waals surface area contributed by atoms with Crippen LogP contribution in [0.5, 0.6) is 0 Å². The number of alkyl halides is 9. The molecule has 0 spiro atoms. The third-order valence-electron chi connectivity index (χ3n) is 6.78. The van der Waals surface area contributed by atoms with E-state index in [9.17, 15) is 39.5 Å². The zero-order valence-corrected chi connectivity index (χ0v) is 23.1. The summed E-state index contributed by atoms with van der Waals surface area (Å²) in [5.74, 6) is -19.6. The van der Waals surface area contributed by atoms with E-state index in [-0.39, 0.29) is 17.8 Å². The van der Waals surface area contributed by atoms with Gasteiger partial charge in [-0.25, -0.2) is 0 Å². The Bertz CT molecular complexity index is 1640. The number of nitrogens with zero attached hydrogens (tertiary/aromatic N) is 5. The zero-order valence-electron chi connectivity index (χ0n) is 23.1. The molecule has 4 aromatic rings. The number of azo groups is 2. The number of hydrogen-bond donors (Lipinski definition) is 0. The van der Waals surface area contributed by atoms with E-state index in [1.165, 1.54) is 0 Å². The highest BCUT2D eigenvalue weighted by molar-refractivity contribution is 5.99. The van der Waals surface area contributed by atoms with E-state index in [0.29, 0.717) is 27.8 Å². The summed E-state index contributed by atoms with van der Waals surface area (Å²) in [5.41, 5.74) is 0.593. The highest BCUT2D eigenvalue weighted by Crippen LogP contribution is 2.56. The van der Waals surface area contributed by atoms with Crippen LogP contribution in [0, 0.1) is 0 Å². The molecule has 0 bridgehead atoms. The average Bonchev–Trinajstić information content (AvgIpc) is 3.00. The Labute approximate surface area is 245 Å². The van der Waals surface area contributed by atoms with Crippen molar-refractivity contribution in [3.8, 4) is 0 Å². The highest BCUT2D eigenvalue weighted by atomic mass is 19.4. The molecule has 0 atom stereocenters. The first kappa shape index (κ1) is 32.4. The number of halogens is 9. The summed E-state index contributed by atoms with van der Waals surface area (Å²) in [6, 6.07) is 19.8. The van der Waals surface area contributed by atoms with Gasteiger partial charge in [-0.1, -0.05) is 36.4 Å². The standard InChI is InChI=1S/C30H24F9N5/c1-3-44(4-2)22-15-13-21(14-16-22)41-43-26-18-17-25(23-7-5-6-8-24(23)26)42-40-20-11-9-19(10-12-20)27(31,32)28(33,34)29(35,36)30(37,38)39/h5-18H,3-4H2,1-2H3. The molecule has 0 aliphatic carbocycles. The van der Waals surface area contributed by atoms with Crippen molar-refractivity contribution in [1.82, 2.24) is 0 Å². The Morgan fingerprint density at radius 2 is 0.955 bits per heavy atom. The van der Waals surface area contributed by atoms with Crippen molar-refractivity contribution in [3.63, 3.8) is 0 Å². The van der Waals surface area contributed by atoms with Gasteiger partial charge in [0.05, 0.1) is 22.7 Å². The predicted octanol–water partition coefficient (Wildman–Crippen LogP) is 11.4. The number of fused-ring (bicyclic) bond motifs is 1. The van der Waals surface area contributed by atoms with Gasteiger partial charge in [-0.05, 0) is 62.4 Å². The summed E-state index contributed by atoms with van der Waals surface area (Å²) in [6.45, 7) is 5.84. The Kier molecular flexibility index (Phi) is 9.03. The lowest BCUT2D eigenvalue weighted by atomic mass is 9.96. The largest absolute Gasteiger partial charge is 0.460 e. The smallest absolute Gasteiger partial charge is 0.372 e. The predicted molar refractivity (Wildman–Crippen MR) is 149 cm³/mol. The van der Waals surface area contributed by atoms with E-state index in [4.69, 9.17) is 0 Å². The molecule has 0 amide bonds. The minimum Gasteiger partial charge on any atom is -0.372 e. The SMILES string of the molecule is CCN(CC)c1ccc(N=Nc2ccc(N=Nc3ccc(C(F)(F)C(F)(F)C(F)(F)C(F)(F)F)cc3)c3ccccc23)cc1. The molecular weight excluding hydrogens is 601 g/mol. The Hall–Kier alpha value is -4.49. The zero-order chi connectivity index (χ0) is 32.3. The normalized spacial score (nSPS) is 13.3. The lowest BCUT2D eigenvalue weighted by Crippen LogP contribution is -2.59. The molecule has 0 saturated heterocycles. The van der Waals surface area contributed by atoms with Crippen molar-refractivity contribution >= 4 is 39.2 Å². The van der Waals surface area contributed by atoms with Crippen LogP contribution in [0.1, 0.15) is 19.4 Å². The summed E-state index contributed by atoms with van der Waals surface area (Å²) >= 11 is 0. The van der Waals surface area contributed by atoms with E-state index in [2.05, 4.69) is 39.2 Å². The molecule has 0 radical (unpaired) electrons. The van der Waals surface area contributed by atoms with E-state index < -0.39 is 29.5 Å². The van der Waals surface area contributed by atoms with E-state index in [1.807, 2.05) is 24.3 Å². The van der Waals surface area contributed by atoms with Gasteiger partial charge in [-0.2, -0.15) is 49.7 Å². The first-order valence-electron chi connectivity index (χ1n) is 13.1. The lowest BCUT2D eigenvalue weighted by Gasteiger charge is -2.33. The second-order valence-corrected chi connectivity index (χ2v) is 9.51. The van der Waals surface area contributed by atoms with Crippen LogP contribution in [0.2, 0.25) is 0 Å². The molecule has 0 N–H and O–H groups in total. The van der Waals surface area contributed by atoms with Gasteiger partial charge in [0.2, 0.25) is 0 Å². The molecular formula is C30H24F9N5. The summed E-state index contributed by atoms with van der Waals surface area (Å²) in [6.07, 6.45) is -6.90. The third-order valence-corrected chi connectivity index (χ3v) is 6.78. The monoisotopic (exact) mass is 625 g/mol. The molecule has 14 heteroatoms. The van der Waals surface area contributed by atoms with Gasteiger partial charge in [0.1, 0.15) is 0 Å². The fourth-order valence-corrected chi connectivity index (χ4v) is 4.28. The van der Waals surface area contributed by atoms with Crippen molar-refractivity contribution in [2.24, 2.45) is 20.5 Å². The first-order chi connectivity index (χ1) is 20.6. The molecule has 232 valence electrons. The quantitative estimate of drug-likeness (QED) is 0.128. The molecule has 4 aromatic carbocycles. The molecule has 0 aromatic heterocycles.